The van der Waals surface area contributed by atoms with Gasteiger partial charge in [-0.1, -0.05) is 49.0 Å². The summed E-state index contributed by atoms with van der Waals surface area (Å²) in [6.45, 7) is 3.12. The monoisotopic (exact) mass is 363 g/mol. The highest BCUT2D eigenvalue weighted by Crippen LogP contribution is 2.32. The summed E-state index contributed by atoms with van der Waals surface area (Å²) < 4.78 is 2.34. The molecular formula is C22H25N3S. The Kier molecular flexibility index (Phi) is 5.40. The van der Waals surface area contributed by atoms with Gasteiger partial charge in [-0.05, 0) is 55.9 Å². The second-order valence-corrected chi connectivity index (χ2v) is 8.02. The average Bonchev–Trinajstić information content (AvgIpc) is 3.04. The number of fused-ring (bicyclic) bond motifs is 1. The van der Waals surface area contributed by atoms with Gasteiger partial charge in [0.2, 0.25) is 0 Å². The van der Waals surface area contributed by atoms with Gasteiger partial charge in [0.15, 0.2) is 5.16 Å². The second kappa shape index (κ2) is 8.09. The van der Waals surface area contributed by atoms with Crippen LogP contribution < -0.4 is 0 Å². The molecule has 0 spiro atoms. The Labute approximate surface area is 159 Å². The molecule has 0 fully saturated rings. The minimum atomic E-state index is 0.568. The standard InChI is InChI=1S/C22H25N3S/c1-17-8-7-11-19(16-17)25-21-13-6-5-12-20(21)24-22(25)26-15-14-23-18-9-3-2-4-10-18/h3,5-9,11-13,17H,2,4,10,14-16H2,1H3. The molecule has 26 heavy (non-hydrogen) atoms. The van der Waals surface area contributed by atoms with Gasteiger partial charge in [0.05, 0.1) is 11.0 Å². The number of nitrogens with zero attached hydrogens (tertiary/aromatic N) is 3. The molecule has 0 bridgehead atoms. The van der Waals surface area contributed by atoms with E-state index in [4.69, 9.17) is 9.98 Å². The smallest absolute Gasteiger partial charge is 0.173 e. The molecule has 1 unspecified atom stereocenters. The van der Waals surface area contributed by atoms with E-state index in [0.717, 1.165) is 35.8 Å². The molecule has 4 heteroatoms. The zero-order chi connectivity index (χ0) is 17.8. The summed E-state index contributed by atoms with van der Waals surface area (Å²) >= 11 is 1.81. The summed E-state index contributed by atoms with van der Waals surface area (Å²) in [4.78, 5) is 9.65. The number of allylic oxidation sites excluding steroid dienone is 6. The molecule has 4 rings (SSSR count). The molecule has 0 N–H and O–H groups in total. The molecule has 2 aromatic rings. The SMILES string of the molecule is CC1C=CC=C(n2c(SCCN=C3C=CCCC3)nc3ccccc32)C1. The van der Waals surface area contributed by atoms with Crippen molar-refractivity contribution in [1.29, 1.82) is 0 Å². The minimum Gasteiger partial charge on any atom is -0.291 e. The first-order valence-electron chi connectivity index (χ1n) is 9.49. The van der Waals surface area contributed by atoms with Crippen LogP contribution in [0.5, 0.6) is 0 Å². The van der Waals surface area contributed by atoms with Gasteiger partial charge in [-0.15, -0.1) is 0 Å². The van der Waals surface area contributed by atoms with Crippen LogP contribution in [0.2, 0.25) is 0 Å². The van der Waals surface area contributed by atoms with Crippen LogP contribution in [0.3, 0.4) is 0 Å². The molecule has 0 saturated heterocycles. The zero-order valence-corrected chi connectivity index (χ0v) is 16.1. The first-order valence-corrected chi connectivity index (χ1v) is 10.5. The maximum absolute atomic E-state index is 4.90. The van der Waals surface area contributed by atoms with Gasteiger partial charge in [0.1, 0.15) is 0 Å². The third kappa shape index (κ3) is 3.85. The molecule has 1 aromatic carbocycles. The number of rotatable bonds is 5. The second-order valence-electron chi connectivity index (χ2n) is 6.96. The third-order valence-corrected chi connectivity index (χ3v) is 5.75. The summed E-state index contributed by atoms with van der Waals surface area (Å²) in [6.07, 6.45) is 15.7. The summed E-state index contributed by atoms with van der Waals surface area (Å²) in [5.74, 6) is 1.53. The van der Waals surface area contributed by atoms with E-state index in [-0.39, 0.29) is 0 Å². The molecule has 0 radical (unpaired) electrons. The Morgan fingerprint density at radius 2 is 2.23 bits per heavy atom. The Hall–Kier alpha value is -2.07. The number of imidazole rings is 1. The highest BCUT2D eigenvalue weighted by atomic mass is 32.2. The molecule has 2 aliphatic rings. The van der Waals surface area contributed by atoms with Gasteiger partial charge in [-0.25, -0.2) is 4.98 Å². The van der Waals surface area contributed by atoms with Crippen molar-refractivity contribution in [2.75, 3.05) is 12.3 Å². The van der Waals surface area contributed by atoms with Crippen LogP contribution in [0.15, 0.2) is 64.8 Å². The number of hydrogen-bond donors (Lipinski definition) is 0. The quantitative estimate of drug-likeness (QED) is 0.500. The fourth-order valence-electron chi connectivity index (χ4n) is 3.53. The lowest BCUT2D eigenvalue weighted by Crippen LogP contribution is -2.06. The summed E-state index contributed by atoms with van der Waals surface area (Å²) in [5.41, 5.74) is 4.85. The van der Waals surface area contributed by atoms with Gasteiger partial charge in [-0.2, -0.15) is 0 Å². The van der Waals surface area contributed by atoms with Gasteiger partial charge >= 0.3 is 0 Å². The molecule has 2 aliphatic carbocycles. The summed E-state index contributed by atoms with van der Waals surface area (Å²) in [7, 11) is 0. The number of hydrogen-bond acceptors (Lipinski definition) is 3. The Bertz CT molecular complexity index is 901. The predicted octanol–water partition coefficient (Wildman–Crippen LogP) is 5.75. The highest BCUT2D eigenvalue weighted by Gasteiger charge is 2.17. The van der Waals surface area contributed by atoms with E-state index in [0.29, 0.717) is 5.92 Å². The van der Waals surface area contributed by atoms with Crippen LogP contribution in [0, 0.1) is 5.92 Å². The lowest BCUT2D eigenvalue weighted by Gasteiger charge is -2.18. The van der Waals surface area contributed by atoms with Crippen molar-refractivity contribution in [2.45, 2.75) is 37.8 Å². The van der Waals surface area contributed by atoms with Gasteiger partial charge in [0.25, 0.3) is 0 Å². The number of thioether (sulfide) groups is 1. The Balaban J connectivity index is 1.55. The molecule has 134 valence electrons. The lowest BCUT2D eigenvalue weighted by atomic mass is 10.0. The topological polar surface area (TPSA) is 30.2 Å². The van der Waals surface area contributed by atoms with Gasteiger partial charge in [-0.3, -0.25) is 9.56 Å². The molecule has 0 aliphatic heterocycles. The normalized spacial score (nSPS) is 21.5. The predicted molar refractivity (Wildman–Crippen MR) is 113 cm³/mol. The minimum absolute atomic E-state index is 0.568. The van der Waals surface area contributed by atoms with Crippen molar-refractivity contribution in [3.8, 4) is 0 Å². The average molecular weight is 364 g/mol. The number of aromatic nitrogens is 2. The van der Waals surface area contributed by atoms with Crippen molar-refractivity contribution in [3.05, 3.63) is 54.6 Å². The maximum Gasteiger partial charge on any atom is 0.173 e. The van der Waals surface area contributed by atoms with Crippen molar-refractivity contribution in [1.82, 2.24) is 9.55 Å². The van der Waals surface area contributed by atoms with Crippen LogP contribution in [0.4, 0.5) is 0 Å². The Morgan fingerprint density at radius 1 is 1.31 bits per heavy atom. The number of para-hydroxylation sites is 2. The molecule has 1 atom stereocenters. The molecule has 1 heterocycles. The van der Waals surface area contributed by atoms with Crippen LogP contribution >= 0.6 is 11.8 Å². The first-order chi connectivity index (χ1) is 12.8. The van der Waals surface area contributed by atoms with E-state index >= 15 is 0 Å². The number of aliphatic imine (C=N–C) groups is 1. The first kappa shape index (κ1) is 17.3. The maximum atomic E-state index is 4.90. The molecular weight excluding hydrogens is 338 g/mol. The lowest BCUT2D eigenvalue weighted by molar-refractivity contribution is 0.713. The van der Waals surface area contributed by atoms with Crippen molar-refractivity contribution in [3.63, 3.8) is 0 Å². The van der Waals surface area contributed by atoms with Crippen molar-refractivity contribution >= 4 is 34.2 Å². The van der Waals surface area contributed by atoms with Crippen LogP contribution in [-0.2, 0) is 0 Å². The third-order valence-electron chi connectivity index (χ3n) is 4.83. The molecule has 1 aromatic heterocycles. The van der Waals surface area contributed by atoms with Crippen molar-refractivity contribution in [2.24, 2.45) is 10.9 Å². The van der Waals surface area contributed by atoms with E-state index in [9.17, 15) is 0 Å². The van der Waals surface area contributed by atoms with E-state index in [1.807, 2.05) is 11.8 Å². The zero-order valence-electron chi connectivity index (χ0n) is 15.3. The fourth-order valence-corrected chi connectivity index (χ4v) is 4.40. The van der Waals surface area contributed by atoms with Gasteiger partial charge < -0.3 is 0 Å². The van der Waals surface area contributed by atoms with Gasteiger partial charge in [0, 0.05) is 23.7 Å². The van der Waals surface area contributed by atoms with Crippen molar-refractivity contribution < 1.29 is 0 Å². The largest absolute Gasteiger partial charge is 0.291 e. The Morgan fingerprint density at radius 3 is 3.08 bits per heavy atom. The van der Waals surface area contributed by atoms with Crippen LogP contribution in [0.25, 0.3) is 16.7 Å². The fraction of sp³-hybridized carbons (Fsp3) is 0.364. The van der Waals surface area contributed by atoms with Crippen LogP contribution in [0.1, 0.15) is 32.6 Å². The van der Waals surface area contributed by atoms with E-state index in [1.54, 1.807) is 0 Å². The molecule has 0 saturated carbocycles. The highest BCUT2D eigenvalue weighted by molar-refractivity contribution is 7.99. The summed E-state index contributed by atoms with van der Waals surface area (Å²) in [6, 6.07) is 8.43. The molecule has 3 nitrogen and oxygen atoms in total. The molecule has 0 amide bonds. The van der Waals surface area contributed by atoms with E-state index < -0.39 is 0 Å². The number of benzene rings is 1. The summed E-state index contributed by atoms with van der Waals surface area (Å²) in [5, 5.41) is 1.08. The van der Waals surface area contributed by atoms with Crippen LogP contribution in [-0.4, -0.2) is 27.6 Å². The van der Waals surface area contributed by atoms with E-state index in [1.165, 1.54) is 29.8 Å². The van der Waals surface area contributed by atoms with E-state index in [2.05, 4.69) is 66.1 Å².